The number of benzene rings is 4. The smallest absolute Gasteiger partial charge is 0.140 e. The molecule has 0 saturated carbocycles. The molecule has 54 heavy (non-hydrogen) atoms. The minimum atomic E-state index is -0.0791. The molecule has 6 rings (SSSR count). The molecule has 1 N–H and O–H groups in total. The molecule has 0 fully saturated rings. The van der Waals surface area contributed by atoms with Gasteiger partial charge in [-0.3, -0.25) is 9.97 Å². The van der Waals surface area contributed by atoms with Crippen LogP contribution < -0.4 is 0 Å². The van der Waals surface area contributed by atoms with Crippen molar-refractivity contribution >= 4 is 0 Å². The maximum atomic E-state index is 11.2. The van der Waals surface area contributed by atoms with Gasteiger partial charge in [-0.25, -0.2) is 0 Å². The predicted molar refractivity (Wildman–Crippen MR) is 222 cm³/mol. The third-order valence-electron chi connectivity index (χ3n) is 10.4. The second-order valence-electron chi connectivity index (χ2n) is 16.3. The standard InChI is InChI=1S/C48H57N4O.Pt/c1-28(2)36-23-39(30(5)6)45(40(24-36)31(7)8)51-21-20-49-47(51)35-17-15-16-34(22-35)43-27-52(48(50-43)38-18-13-14-19-44(38)53)46-41(32(9)10)25-37(29(3)4)26-42(46)33(11)12;/h13-21,23-33,53H,1-12H3;/q-1;/i20D,21D;. The van der Waals surface area contributed by atoms with Crippen molar-refractivity contribution in [1.82, 2.24) is 19.1 Å². The van der Waals surface area contributed by atoms with Crippen molar-refractivity contribution in [1.29, 1.82) is 0 Å². The van der Waals surface area contributed by atoms with Crippen LogP contribution in [0.1, 0.15) is 155 Å². The van der Waals surface area contributed by atoms with Gasteiger partial charge in [0.25, 0.3) is 0 Å². The number of phenols is 1. The van der Waals surface area contributed by atoms with Gasteiger partial charge in [-0.1, -0.05) is 131 Å². The summed E-state index contributed by atoms with van der Waals surface area (Å²) in [6.07, 6.45) is 2.04. The average Bonchev–Trinajstić information content (AvgIpc) is 3.70. The molecule has 0 spiro atoms. The Hall–Kier alpha value is -4.21. The Morgan fingerprint density at radius 1 is 0.593 bits per heavy atom. The fourth-order valence-corrected chi connectivity index (χ4v) is 7.23. The second-order valence-corrected chi connectivity index (χ2v) is 16.3. The fraction of sp³-hybridized carbons (Fsp3) is 0.375. The van der Waals surface area contributed by atoms with Crippen molar-refractivity contribution in [2.24, 2.45) is 0 Å². The zero-order chi connectivity index (χ0) is 40.0. The minimum absolute atomic E-state index is 0. The van der Waals surface area contributed by atoms with E-state index in [1.54, 1.807) is 6.07 Å². The zero-order valence-electron chi connectivity index (χ0n) is 35.9. The predicted octanol–water partition coefficient (Wildman–Crippen LogP) is 13.3. The zero-order valence-corrected chi connectivity index (χ0v) is 36.2. The monoisotopic (exact) mass is 902 g/mol. The number of imidazole rings is 2. The molecule has 0 aliphatic carbocycles. The van der Waals surface area contributed by atoms with Crippen LogP contribution >= 0.6 is 0 Å². The number of hydrogen-bond acceptors (Lipinski definition) is 3. The average molecular weight is 903 g/mol. The van der Waals surface area contributed by atoms with Crippen LogP contribution in [0.25, 0.3) is 45.4 Å². The van der Waals surface area contributed by atoms with Crippen molar-refractivity contribution in [2.75, 3.05) is 0 Å². The molecule has 0 aliphatic rings. The van der Waals surface area contributed by atoms with Gasteiger partial charge in [0.05, 0.1) is 19.8 Å². The third kappa shape index (κ3) is 7.94. The van der Waals surface area contributed by atoms with E-state index in [9.17, 15) is 6.48 Å². The van der Waals surface area contributed by atoms with E-state index < -0.39 is 0 Å². The summed E-state index contributed by atoms with van der Waals surface area (Å²) in [6.45, 7) is 26.6. The van der Waals surface area contributed by atoms with Gasteiger partial charge in [0.15, 0.2) is 0 Å². The van der Waals surface area contributed by atoms with E-state index in [-0.39, 0.29) is 62.8 Å². The van der Waals surface area contributed by atoms with Crippen LogP contribution in [0.4, 0.5) is 0 Å². The van der Waals surface area contributed by atoms with Gasteiger partial charge >= 0.3 is 0 Å². The molecule has 0 amide bonds. The normalized spacial score (nSPS) is 12.4. The Bertz CT molecular complexity index is 2290. The maximum absolute atomic E-state index is 11.2. The first-order valence-electron chi connectivity index (χ1n) is 20.3. The van der Waals surface area contributed by atoms with Crippen molar-refractivity contribution in [3.8, 4) is 51.2 Å². The van der Waals surface area contributed by atoms with Crippen LogP contribution in [-0.2, 0) is 21.1 Å². The SMILES string of the molecule is [2H]c1nc(-c2[c-]c(-c3cn(-c4c(C(C)C)cc(C(C)C)cc4C(C)C)c(-c4ccccc4O)n3)ccc2)n(-c2c(C(C)C)cc(C(C)C)cc2C(C)C)c1[2H].[Pt]. The molecule has 0 radical (unpaired) electrons. The molecule has 2 aromatic heterocycles. The molecule has 0 unspecified atom stereocenters. The summed E-state index contributed by atoms with van der Waals surface area (Å²) in [5, 5.41) is 11.2. The first-order valence-corrected chi connectivity index (χ1v) is 19.3. The Morgan fingerprint density at radius 3 is 1.56 bits per heavy atom. The fourth-order valence-electron chi connectivity index (χ4n) is 7.23. The maximum Gasteiger partial charge on any atom is 0.140 e. The molecule has 286 valence electrons. The van der Waals surface area contributed by atoms with Crippen LogP contribution in [0.2, 0.25) is 0 Å². The van der Waals surface area contributed by atoms with Gasteiger partial charge in [-0.15, -0.1) is 24.3 Å². The number of hydrogen-bond donors (Lipinski definition) is 1. The number of rotatable bonds is 11. The summed E-state index contributed by atoms with van der Waals surface area (Å²) in [6, 6.07) is 26.1. The summed E-state index contributed by atoms with van der Waals surface area (Å²) in [5.41, 5.74) is 12.1. The Morgan fingerprint density at radius 2 is 1.07 bits per heavy atom. The topological polar surface area (TPSA) is 55.9 Å². The molecule has 4 aromatic carbocycles. The first-order chi connectivity index (χ1) is 26.0. The van der Waals surface area contributed by atoms with Crippen LogP contribution in [0, 0.1) is 6.07 Å². The first kappa shape index (κ1) is 38.1. The van der Waals surface area contributed by atoms with E-state index >= 15 is 0 Å². The molecule has 6 heteroatoms. The van der Waals surface area contributed by atoms with Gasteiger partial charge in [0, 0.05) is 51.0 Å². The summed E-state index contributed by atoms with van der Waals surface area (Å²) in [5.74, 6) is 2.88. The number of aromatic nitrogens is 4. The molecule has 6 aromatic rings. The van der Waals surface area contributed by atoms with Crippen molar-refractivity contribution < 1.29 is 28.9 Å². The summed E-state index contributed by atoms with van der Waals surface area (Å²) >= 11 is 0. The van der Waals surface area contributed by atoms with Gasteiger partial charge in [-0.05, 0) is 81.0 Å². The molecule has 0 bridgehead atoms. The second kappa shape index (κ2) is 16.7. The van der Waals surface area contributed by atoms with Gasteiger partial charge in [0.2, 0.25) is 0 Å². The largest absolute Gasteiger partial charge is 0.507 e. The van der Waals surface area contributed by atoms with Crippen LogP contribution in [0.15, 0.2) is 85.3 Å². The summed E-state index contributed by atoms with van der Waals surface area (Å²) in [7, 11) is 0. The van der Waals surface area contributed by atoms with Crippen LogP contribution in [0.3, 0.4) is 0 Å². The third-order valence-corrected chi connectivity index (χ3v) is 10.4. The quantitative estimate of drug-likeness (QED) is 0.132. The minimum Gasteiger partial charge on any atom is -0.507 e. The number of aromatic hydroxyl groups is 1. The Kier molecular flexibility index (Phi) is 11.7. The van der Waals surface area contributed by atoms with Crippen molar-refractivity contribution in [2.45, 2.75) is 119 Å². The number of nitrogens with zero attached hydrogens (tertiary/aromatic N) is 4. The van der Waals surface area contributed by atoms with Crippen molar-refractivity contribution in [3.05, 3.63) is 125 Å². The molecule has 5 nitrogen and oxygen atoms in total. The van der Waals surface area contributed by atoms with Crippen LogP contribution in [-0.4, -0.2) is 24.2 Å². The summed E-state index contributed by atoms with van der Waals surface area (Å²) < 4.78 is 22.0. The molecule has 2 heterocycles. The van der Waals surface area contributed by atoms with E-state index in [4.69, 9.17) is 11.3 Å². The molecule has 0 saturated heterocycles. The van der Waals surface area contributed by atoms with Crippen molar-refractivity contribution in [3.63, 3.8) is 0 Å². The Balaban J connectivity index is 0.00000600. The molecular formula is C48H57N4OPt-. The van der Waals surface area contributed by atoms with Gasteiger partial charge < -0.3 is 14.2 Å². The van der Waals surface area contributed by atoms with Gasteiger partial charge in [-0.2, -0.15) is 0 Å². The van der Waals surface area contributed by atoms with E-state index in [1.807, 2.05) is 41.0 Å². The van der Waals surface area contributed by atoms with Crippen LogP contribution in [0.5, 0.6) is 5.75 Å². The molecule has 0 atom stereocenters. The van der Waals surface area contributed by atoms with E-state index in [0.717, 1.165) is 28.1 Å². The molecule has 0 aliphatic heterocycles. The number of phenolic OH excluding ortho intramolecular Hbond substituents is 1. The Labute approximate surface area is 341 Å². The molecular weight excluding hydrogens is 844 g/mol. The van der Waals surface area contributed by atoms with Gasteiger partial charge in [0.1, 0.15) is 11.6 Å². The van der Waals surface area contributed by atoms with E-state index in [0.29, 0.717) is 40.3 Å². The van der Waals surface area contributed by atoms with E-state index in [2.05, 4.69) is 124 Å². The number of para-hydroxylation sites is 1. The van der Waals surface area contributed by atoms with E-state index in [1.165, 1.54) is 22.3 Å². The summed E-state index contributed by atoms with van der Waals surface area (Å²) in [4.78, 5) is 9.97.